The summed E-state index contributed by atoms with van der Waals surface area (Å²) in [5.74, 6) is -4.63. The van der Waals surface area contributed by atoms with Crippen molar-refractivity contribution < 1.29 is 42.2 Å². The van der Waals surface area contributed by atoms with Crippen LogP contribution in [0.5, 0.6) is 0 Å². The highest BCUT2D eigenvalue weighted by molar-refractivity contribution is 8.14. The number of ketones is 2. The largest absolute Gasteiger partial charge is 0.457 e. The third-order valence-corrected chi connectivity index (χ3v) is 12.2. The van der Waals surface area contributed by atoms with Gasteiger partial charge in [-0.3, -0.25) is 14.4 Å². The maximum Gasteiger partial charge on any atom is 0.375 e. The van der Waals surface area contributed by atoms with Crippen molar-refractivity contribution >= 4 is 46.0 Å². The molecule has 11 heteroatoms. The number of esters is 1. The number of hydrogen-bond donors (Lipinski definition) is 1. The number of carbonyl (C=O) groups excluding carboxylic acids is 4. The fourth-order valence-electron chi connectivity index (χ4n) is 8.77. The van der Waals surface area contributed by atoms with E-state index in [-0.39, 0.29) is 42.1 Å². The minimum absolute atomic E-state index is 0.00898. The zero-order chi connectivity index (χ0) is 32.5. The number of allylic oxidation sites excluding steroid dienone is 4. The molecule has 45 heavy (non-hydrogen) atoms. The third kappa shape index (κ3) is 4.53. The molecule has 0 aliphatic heterocycles. The van der Waals surface area contributed by atoms with Gasteiger partial charge in [-0.1, -0.05) is 43.3 Å². The number of fused-ring (bicyclic) bond motifs is 5. The SMILES string of the molecule is C[C@@H]1C[C@H]2[C@@H]3C[C@H](F)C4=CC(=O)C=C[C@]4(C)[C@@]3(F)[C@@H](O)C[C@]2(C)[C@@]1(OC(=O)c1ccco1)C(=O)SCC(=O)c1ccc(Cl)cc1. The summed E-state index contributed by atoms with van der Waals surface area (Å²) < 4.78 is 45.0. The van der Waals surface area contributed by atoms with Crippen molar-refractivity contribution in [1.29, 1.82) is 0 Å². The fraction of sp³-hybridized carbons (Fsp3) is 0.471. The van der Waals surface area contributed by atoms with Gasteiger partial charge in [0.25, 0.3) is 0 Å². The van der Waals surface area contributed by atoms with Gasteiger partial charge in [-0.15, -0.1) is 0 Å². The molecule has 9 atom stereocenters. The van der Waals surface area contributed by atoms with E-state index in [1.807, 2.05) is 0 Å². The van der Waals surface area contributed by atoms with E-state index < -0.39 is 69.0 Å². The van der Waals surface area contributed by atoms with E-state index in [2.05, 4.69) is 0 Å². The number of rotatable bonds is 6. The van der Waals surface area contributed by atoms with Crippen LogP contribution in [-0.2, 0) is 14.3 Å². The van der Waals surface area contributed by atoms with Crippen LogP contribution in [0.25, 0.3) is 0 Å². The molecular weight excluding hydrogens is 626 g/mol. The molecule has 6 rings (SSSR count). The number of carbonyl (C=O) groups is 4. The number of Topliss-reactive ketones (excluding diaryl/α,β-unsaturated/α-hetero) is 1. The lowest BCUT2D eigenvalue weighted by molar-refractivity contribution is -0.221. The highest BCUT2D eigenvalue weighted by Gasteiger charge is 2.78. The van der Waals surface area contributed by atoms with Gasteiger partial charge in [-0.2, -0.15) is 0 Å². The van der Waals surface area contributed by atoms with Gasteiger partial charge in [0.1, 0.15) is 6.17 Å². The highest BCUT2D eigenvalue weighted by Crippen LogP contribution is 2.72. The molecule has 0 unspecified atom stereocenters. The van der Waals surface area contributed by atoms with Crippen LogP contribution in [0.3, 0.4) is 0 Å². The summed E-state index contributed by atoms with van der Waals surface area (Å²) in [5.41, 5.74) is -6.92. The van der Waals surface area contributed by atoms with E-state index in [0.717, 1.165) is 6.08 Å². The molecule has 4 aliphatic rings. The average Bonchev–Trinajstić information content (AvgIpc) is 3.61. The Hall–Kier alpha value is -3.08. The van der Waals surface area contributed by atoms with Crippen molar-refractivity contribution in [2.24, 2.45) is 28.6 Å². The second kappa shape index (κ2) is 11.0. The topological polar surface area (TPSA) is 111 Å². The number of aliphatic hydroxyl groups is 1. The number of furan rings is 1. The molecule has 0 spiro atoms. The summed E-state index contributed by atoms with van der Waals surface area (Å²) in [6, 6.07) is 9.09. The van der Waals surface area contributed by atoms with Gasteiger partial charge in [0, 0.05) is 33.3 Å². The molecule has 0 radical (unpaired) electrons. The second-order valence-electron chi connectivity index (χ2n) is 13.1. The molecule has 1 aromatic carbocycles. The van der Waals surface area contributed by atoms with Crippen molar-refractivity contribution in [2.75, 3.05) is 5.75 Å². The van der Waals surface area contributed by atoms with Crippen molar-refractivity contribution in [3.8, 4) is 0 Å². The predicted molar refractivity (Wildman–Crippen MR) is 163 cm³/mol. The standard InChI is InChI=1S/C34H33ClF2O7S/c1-18-13-22-23-15-25(36)24-14-21(38)10-11-31(24,2)33(23,37)28(40)16-32(22,3)34(18,44-29(41)27-5-4-12-43-27)30(42)45-17-26(39)19-6-8-20(35)9-7-19/h4-12,14,18,22-23,25,28,40H,13,15-17H2,1-3H3/t18-,22+,23+,25+,28+,31+,32+,33+,34+/m1/s1. The first-order chi connectivity index (χ1) is 21.2. The Bertz CT molecular complexity index is 1620. The molecule has 7 nitrogen and oxygen atoms in total. The maximum absolute atomic E-state index is 17.7. The van der Waals surface area contributed by atoms with Gasteiger partial charge in [-0.05, 0) is 86.2 Å². The van der Waals surface area contributed by atoms with Gasteiger partial charge in [0.2, 0.25) is 10.9 Å². The Morgan fingerprint density at radius 2 is 1.84 bits per heavy atom. The first kappa shape index (κ1) is 31.9. The number of aliphatic hydroxyl groups excluding tert-OH is 1. The van der Waals surface area contributed by atoms with Crippen molar-refractivity contribution in [2.45, 2.75) is 63.6 Å². The molecule has 3 fully saturated rings. The first-order valence-electron chi connectivity index (χ1n) is 14.9. The quantitative estimate of drug-likeness (QED) is 0.275. The van der Waals surface area contributed by atoms with Crippen LogP contribution < -0.4 is 0 Å². The molecule has 2 aromatic rings. The number of alkyl halides is 2. The zero-order valence-electron chi connectivity index (χ0n) is 24.9. The van der Waals surface area contributed by atoms with Crippen LogP contribution in [0.4, 0.5) is 8.78 Å². The summed E-state index contributed by atoms with van der Waals surface area (Å²) in [7, 11) is 0. The second-order valence-corrected chi connectivity index (χ2v) is 14.5. The summed E-state index contributed by atoms with van der Waals surface area (Å²) in [6.07, 6.45) is 1.16. The van der Waals surface area contributed by atoms with Crippen LogP contribution >= 0.6 is 23.4 Å². The lowest BCUT2D eigenvalue weighted by Gasteiger charge is -2.63. The fourth-order valence-corrected chi connectivity index (χ4v) is 10.0. The lowest BCUT2D eigenvalue weighted by Crippen LogP contribution is -2.70. The average molecular weight is 659 g/mol. The van der Waals surface area contributed by atoms with Crippen LogP contribution in [-0.4, -0.2) is 57.1 Å². The molecule has 1 aromatic heterocycles. The van der Waals surface area contributed by atoms with Crippen LogP contribution in [0, 0.1) is 28.6 Å². The highest BCUT2D eigenvalue weighted by atomic mass is 35.5. The number of ether oxygens (including phenoxy) is 1. The number of hydrogen-bond acceptors (Lipinski definition) is 8. The molecule has 3 saturated carbocycles. The van der Waals surface area contributed by atoms with E-state index in [9.17, 15) is 24.3 Å². The van der Waals surface area contributed by atoms with Crippen molar-refractivity contribution in [3.05, 3.63) is 82.8 Å². The molecule has 1 N–H and O–H groups in total. The predicted octanol–water partition coefficient (Wildman–Crippen LogP) is 6.54. The molecule has 0 saturated heterocycles. The number of benzene rings is 1. The van der Waals surface area contributed by atoms with E-state index in [0.29, 0.717) is 22.3 Å². The van der Waals surface area contributed by atoms with E-state index in [1.54, 1.807) is 38.1 Å². The minimum Gasteiger partial charge on any atom is -0.457 e. The number of thioether (sulfide) groups is 1. The molecular formula is C34H33ClF2O7S. The van der Waals surface area contributed by atoms with E-state index in [4.69, 9.17) is 20.8 Å². The van der Waals surface area contributed by atoms with E-state index >= 15 is 8.78 Å². The van der Waals surface area contributed by atoms with Crippen molar-refractivity contribution in [1.82, 2.24) is 0 Å². The minimum atomic E-state index is -2.37. The van der Waals surface area contributed by atoms with Crippen LogP contribution in [0.1, 0.15) is 60.9 Å². The van der Waals surface area contributed by atoms with Gasteiger partial charge < -0.3 is 14.3 Å². The van der Waals surface area contributed by atoms with Gasteiger partial charge in [-0.25, -0.2) is 13.6 Å². The Balaban J connectivity index is 1.40. The summed E-state index contributed by atoms with van der Waals surface area (Å²) in [6.45, 7) is 4.89. The summed E-state index contributed by atoms with van der Waals surface area (Å²) in [4.78, 5) is 53.1. The maximum atomic E-state index is 17.7. The molecule has 4 aliphatic carbocycles. The Morgan fingerprint density at radius 1 is 1.13 bits per heavy atom. The Kier molecular flexibility index (Phi) is 7.81. The smallest absolute Gasteiger partial charge is 0.375 e. The van der Waals surface area contributed by atoms with Crippen LogP contribution in [0.15, 0.2) is 70.9 Å². The zero-order valence-corrected chi connectivity index (χ0v) is 26.5. The first-order valence-corrected chi connectivity index (χ1v) is 16.2. The van der Waals surface area contributed by atoms with Gasteiger partial charge in [0.15, 0.2) is 22.8 Å². The lowest BCUT2D eigenvalue weighted by atomic mass is 9.44. The molecule has 0 bridgehead atoms. The van der Waals surface area contributed by atoms with Crippen molar-refractivity contribution in [3.63, 3.8) is 0 Å². The molecule has 0 amide bonds. The third-order valence-electron chi connectivity index (χ3n) is 10.9. The molecule has 1 heterocycles. The molecule has 238 valence electrons. The summed E-state index contributed by atoms with van der Waals surface area (Å²) in [5, 5.41) is 11.6. The normalized spacial score (nSPS) is 38.5. The Labute approximate surface area is 268 Å². The summed E-state index contributed by atoms with van der Waals surface area (Å²) >= 11 is 6.64. The Morgan fingerprint density at radius 3 is 2.51 bits per heavy atom. The van der Waals surface area contributed by atoms with Crippen LogP contribution in [0.2, 0.25) is 5.02 Å². The van der Waals surface area contributed by atoms with Gasteiger partial charge >= 0.3 is 5.97 Å². The monoisotopic (exact) mass is 658 g/mol. The van der Waals surface area contributed by atoms with E-state index in [1.165, 1.54) is 37.5 Å². The van der Waals surface area contributed by atoms with Gasteiger partial charge in [0.05, 0.1) is 18.1 Å². The number of halogens is 3.